The smallest absolute Gasteiger partial charge is 0.275 e. The van der Waals surface area contributed by atoms with E-state index in [9.17, 15) is 9.90 Å². The van der Waals surface area contributed by atoms with Crippen LogP contribution in [0.2, 0.25) is 10.3 Å². The minimum Gasteiger partial charge on any atom is -0.471 e. The van der Waals surface area contributed by atoms with Crippen molar-refractivity contribution in [2.45, 2.75) is 20.1 Å². The highest BCUT2D eigenvalue weighted by atomic mass is 35.5. The third-order valence-electron chi connectivity index (χ3n) is 4.56. The summed E-state index contributed by atoms with van der Waals surface area (Å²) in [6.07, 6.45) is 6.33. The summed E-state index contributed by atoms with van der Waals surface area (Å²) in [6, 6.07) is 9.76. The summed E-state index contributed by atoms with van der Waals surface area (Å²) in [7, 11) is 0. The van der Waals surface area contributed by atoms with Crippen LogP contribution >= 0.6 is 23.2 Å². The monoisotopic (exact) mass is 472 g/mol. The standard InChI is InChI=1S/C14H12ClN3O2.C7H6ClN3O/c15-12-7-18-13(11(8-19)6-16-18)14(17-12)20-9-10-4-2-1-3-5-10;1-4-2-9-11-3-5(8)10-7(12)6(4)11/h1-7,19H,8-9H2;2-3H,1H3,(H,10,12). The van der Waals surface area contributed by atoms with E-state index in [-0.39, 0.29) is 22.5 Å². The Morgan fingerprint density at radius 1 is 1.06 bits per heavy atom. The van der Waals surface area contributed by atoms with E-state index in [0.717, 1.165) is 11.1 Å². The summed E-state index contributed by atoms with van der Waals surface area (Å²) in [5.74, 6) is 0.364. The van der Waals surface area contributed by atoms with Crippen LogP contribution in [0.5, 0.6) is 5.88 Å². The van der Waals surface area contributed by atoms with E-state index in [1.165, 1.54) is 4.52 Å². The second kappa shape index (κ2) is 9.39. The van der Waals surface area contributed by atoms with Crippen molar-refractivity contribution in [1.82, 2.24) is 29.2 Å². The minimum atomic E-state index is -0.211. The van der Waals surface area contributed by atoms with E-state index in [1.54, 1.807) is 29.3 Å². The molecule has 0 saturated heterocycles. The van der Waals surface area contributed by atoms with Crippen molar-refractivity contribution < 1.29 is 9.84 Å². The molecule has 0 spiro atoms. The molecule has 164 valence electrons. The quantitative estimate of drug-likeness (QED) is 0.414. The summed E-state index contributed by atoms with van der Waals surface area (Å²) >= 11 is 11.6. The Bertz CT molecular complexity index is 1430. The molecule has 11 heteroatoms. The number of fused-ring (bicyclic) bond motifs is 2. The third-order valence-corrected chi connectivity index (χ3v) is 4.94. The van der Waals surface area contributed by atoms with Gasteiger partial charge in [-0.25, -0.2) is 9.03 Å². The van der Waals surface area contributed by atoms with Crippen molar-refractivity contribution in [2.24, 2.45) is 0 Å². The predicted molar refractivity (Wildman–Crippen MR) is 120 cm³/mol. The van der Waals surface area contributed by atoms with Crippen LogP contribution in [0.3, 0.4) is 0 Å². The molecule has 0 aliphatic heterocycles. The fraction of sp³-hybridized carbons (Fsp3) is 0.143. The molecule has 0 fully saturated rings. The van der Waals surface area contributed by atoms with Crippen LogP contribution in [0.15, 0.2) is 59.9 Å². The van der Waals surface area contributed by atoms with Gasteiger partial charge in [-0.05, 0) is 12.5 Å². The highest BCUT2D eigenvalue weighted by molar-refractivity contribution is 6.29. The van der Waals surface area contributed by atoms with Gasteiger partial charge in [0.1, 0.15) is 22.8 Å². The molecule has 0 radical (unpaired) electrons. The molecule has 0 bridgehead atoms. The van der Waals surface area contributed by atoms with E-state index in [4.69, 9.17) is 27.9 Å². The molecule has 9 nitrogen and oxygen atoms in total. The Hall–Kier alpha value is -3.40. The van der Waals surface area contributed by atoms with Crippen molar-refractivity contribution in [3.8, 4) is 5.88 Å². The van der Waals surface area contributed by atoms with Gasteiger partial charge in [0.25, 0.3) is 5.56 Å². The Balaban J connectivity index is 0.000000174. The fourth-order valence-corrected chi connectivity index (χ4v) is 3.44. The first-order valence-electron chi connectivity index (χ1n) is 9.49. The number of nitrogens with one attached hydrogen (secondary N) is 1. The Kier molecular flexibility index (Phi) is 6.40. The number of aliphatic hydroxyl groups excluding tert-OH is 1. The summed E-state index contributed by atoms with van der Waals surface area (Å²) in [6.45, 7) is 2.07. The first kappa shape index (κ1) is 21.8. The number of aryl methyl sites for hydroxylation is 1. The van der Waals surface area contributed by atoms with Crippen LogP contribution in [0, 0.1) is 6.92 Å². The number of halogens is 2. The second-order valence-corrected chi connectivity index (χ2v) is 7.61. The molecule has 4 heterocycles. The van der Waals surface area contributed by atoms with Gasteiger partial charge in [-0.3, -0.25) is 4.79 Å². The molecule has 2 N–H and O–H groups in total. The molecule has 0 amide bonds. The van der Waals surface area contributed by atoms with Crippen LogP contribution in [-0.4, -0.2) is 34.3 Å². The lowest BCUT2D eigenvalue weighted by molar-refractivity contribution is 0.279. The molecule has 0 aliphatic rings. The Labute approximate surface area is 191 Å². The zero-order valence-corrected chi connectivity index (χ0v) is 18.4. The van der Waals surface area contributed by atoms with Gasteiger partial charge in [0.15, 0.2) is 5.15 Å². The predicted octanol–water partition coefficient (Wildman–Crippen LogP) is 3.44. The molecule has 1 aromatic carbocycles. The van der Waals surface area contributed by atoms with E-state index in [1.807, 2.05) is 37.3 Å². The number of nitrogens with zero attached hydrogens (tertiary/aromatic N) is 5. The van der Waals surface area contributed by atoms with Crippen molar-refractivity contribution in [3.63, 3.8) is 0 Å². The zero-order chi connectivity index (χ0) is 22.7. The summed E-state index contributed by atoms with van der Waals surface area (Å²) in [4.78, 5) is 17.9. The van der Waals surface area contributed by atoms with E-state index in [0.29, 0.717) is 29.1 Å². The number of rotatable bonds is 4. The molecule has 4 aromatic heterocycles. The maximum atomic E-state index is 11.3. The van der Waals surface area contributed by atoms with Crippen molar-refractivity contribution in [2.75, 3.05) is 0 Å². The molecule has 0 atom stereocenters. The lowest BCUT2D eigenvalue weighted by atomic mass is 10.2. The van der Waals surface area contributed by atoms with Gasteiger partial charge in [-0.1, -0.05) is 53.5 Å². The largest absolute Gasteiger partial charge is 0.471 e. The van der Waals surface area contributed by atoms with Gasteiger partial charge in [0.05, 0.1) is 31.4 Å². The Morgan fingerprint density at radius 3 is 2.53 bits per heavy atom. The average Bonchev–Trinajstić information content (AvgIpc) is 3.36. The number of aliphatic hydroxyl groups is 1. The number of aromatic amines is 1. The molecular weight excluding hydrogens is 455 g/mol. The number of H-pyrrole nitrogens is 1. The number of hydrogen-bond acceptors (Lipinski definition) is 6. The number of aromatic nitrogens is 6. The van der Waals surface area contributed by atoms with Gasteiger partial charge in [0.2, 0.25) is 5.88 Å². The van der Waals surface area contributed by atoms with Gasteiger partial charge in [-0.15, -0.1) is 0 Å². The van der Waals surface area contributed by atoms with Gasteiger partial charge < -0.3 is 14.8 Å². The molecule has 5 rings (SSSR count). The Morgan fingerprint density at radius 2 is 1.78 bits per heavy atom. The van der Waals surface area contributed by atoms with Crippen LogP contribution in [0.4, 0.5) is 0 Å². The SMILES string of the molecule is Cc1cnn2cc(Cl)[nH]c(=O)c12.OCc1cnn2cc(Cl)nc(OCc3ccccc3)c12. The van der Waals surface area contributed by atoms with Crippen LogP contribution < -0.4 is 10.3 Å². The maximum Gasteiger partial charge on any atom is 0.275 e. The average molecular weight is 473 g/mol. The molecule has 0 saturated carbocycles. The minimum absolute atomic E-state index is 0.130. The molecule has 5 aromatic rings. The lowest BCUT2D eigenvalue weighted by Crippen LogP contribution is -2.10. The van der Waals surface area contributed by atoms with Crippen LogP contribution in [0.1, 0.15) is 16.7 Å². The summed E-state index contributed by atoms with van der Waals surface area (Å²) in [5.41, 5.74) is 3.48. The zero-order valence-electron chi connectivity index (χ0n) is 16.9. The summed E-state index contributed by atoms with van der Waals surface area (Å²) in [5, 5.41) is 18.0. The van der Waals surface area contributed by atoms with Crippen molar-refractivity contribution >= 4 is 34.2 Å². The first-order chi connectivity index (χ1) is 15.5. The molecule has 0 aliphatic carbocycles. The maximum absolute atomic E-state index is 11.3. The van der Waals surface area contributed by atoms with E-state index in [2.05, 4.69) is 20.2 Å². The van der Waals surface area contributed by atoms with Gasteiger partial charge >= 0.3 is 0 Å². The van der Waals surface area contributed by atoms with Crippen molar-refractivity contribution in [1.29, 1.82) is 0 Å². The second-order valence-electron chi connectivity index (χ2n) is 6.82. The molecule has 0 unspecified atom stereocenters. The van der Waals surface area contributed by atoms with Crippen molar-refractivity contribution in [3.05, 3.63) is 92.5 Å². The molecule has 32 heavy (non-hydrogen) atoms. The highest BCUT2D eigenvalue weighted by Crippen LogP contribution is 2.24. The number of ether oxygens (including phenoxy) is 1. The number of benzene rings is 1. The highest BCUT2D eigenvalue weighted by Gasteiger charge is 2.13. The van der Waals surface area contributed by atoms with E-state index >= 15 is 0 Å². The fourth-order valence-electron chi connectivity index (χ4n) is 3.09. The summed E-state index contributed by atoms with van der Waals surface area (Å²) < 4.78 is 8.74. The molecular formula is C21H18Cl2N6O3. The van der Waals surface area contributed by atoms with Gasteiger partial charge in [-0.2, -0.15) is 15.2 Å². The first-order valence-corrected chi connectivity index (χ1v) is 10.2. The number of hydrogen-bond donors (Lipinski definition) is 2. The third kappa shape index (κ3) is 4.59. The topological polar surface area (TPSA) is 110 Å². The van der Waals surface area contributed by atoms with Crippen LogP contribution in [-0.2, 0) is 13.2 Å². The van der Waals surface area contributed by atoms with Gasteiger partial charge in [0, 0.05) is 11.1 Å². The lowest BCUT2D eigenvalue weighted by Gasteiger charge is -2.08. The van der Waals surface area contributed by atoms with E-state index < -0.39 is 0 Å². The normalized spacial score (nSPS) is 10.9. The van der Waals surface area contributed by atoms with Crippen LogP contribution in [0.25, 0.3) is 11.0 Å².